The van der Waals surface area contributed by atoms with Crippen molar-refractivity contribution in [2.24, 2.45) is 11.7 Å². The molecule has 2 atom stereocenters. The molecule has 0 saturated carbocycles. The number of rotatable bonds is 7. The van der Waals surface area contributed by atoms with E-state index in [4.69, 9.17) is 15.2 Å². The third-order valence-corrected chi connectivity index (χ3v) is 3.12. The van der Waals surface area contributed by atoms with Gasteiger partial charge in [0.2, 0.25) is 0 Å². The van der Waals surface area contributed by atoms with E-state index in [9.17, 15) is 5.11 Å². The summed E-state index contributed by atoms with van der Waals surface area (Å²) in [6.45, 7) is 2.55. The van der Waals surface area contributed by atoms with E-state index in [0.717, 1.165) is 18.4 Å². The fourth-order valence-corrected chi connectivity index (χ4v) is 2.05. The summed E-state index contributed by atoms with van der Waals surface area (Å²) in [5.41, 5.74) is 6.50. The van der Waals surface area contributed by atoms with Crippen LogP contribution in [-0.2, 0) is 0 Å². The number of aliphatic hydroxyl groups is 1. The van der Waals surface area contributed by atoms with Crippen LogP contribution in [0.5, 0.6) is 11.5 Å². The van der Waals surface area contributed by atoms with Crippen LogP contribution in [0.15, 0.2) is 18.2 Å². The normalized spacial score (nSPS) is 14.1. The first-order valence-corrected chi connectivity index (χ1v) is 6.27. The van der Waals surface area contributed by atoms with E-state index in [1.165, 1.54) is 0 Å². The van der Waals surface area contributed by atoms with Gasteiger partial charge in [0.1, 0.15) is 11.5 Å². The predicted molar refractivity (Wildman–Crippen MR) is 72.0 cm³/mol. The molecular weight excluding hydrogens is 230 g/mol. The number of hydrogen-bond donors (Lipinski definition) is 2. The fraction of sp³-hybridized carbons (Fsp3) is 0.571. The molecule has 18 heavy (non-hydrogen) atoms. The fourth-order valence-electron chi connectivity index (χ4n) is 2.05. The second-order valence-electron chi connectivity index (χ2n) is 4.38. The van der Waals surface area contributed by atoms with Crippen LogP contribution in [0.2, 0.25) is 0 Å². The molecule has 0 aliphatic heterocycles. The number of methoxy groups -OCH3 is 2. The van der Waals surface area contributed by atoms with Crippen LogP contribution in [0, 0.1) is 5.92 Å². The molecule has 0 bridgehead atoms. The summed E-state index contributed by atoms with van der Waals surface area (Å²) in [4.78, 5) is 0. The molecule has 0 heterocycles. The molecule has 0 saturated heterocycles. The minimum absolute atomic E-state index is 0.0619. The van der Waals surface area contributed by atoms with E-state index in [-0.39, 0.29) is 5.92 Å². The highest BCUT2D eigenvalue weighted by molar-refractivity contribution is 5.39. The molecule has 4 nitrogen and oxygen atoms in total. The zero-order valence-corrected chi connectivity index (χ0v) is 11.3. The van der Waals surface area contributed by atoms with Crippen molar-refractivity contribution in [1.82, 2.24) is 0 Å². The summed E-state index contributed by atoms with van der Waals surface area (Å²) in [5, 5.41) is 10.4. The zero-order valence-electron chi connectivity index (χ0n) is 11.3. The van der Waals surface area contributed by atoms with E-state index in [0.29, 0.717) is 18.0 Å². The molecule has 0 radical (unpaired) electrons. The van der Waals surface area contributed by atoms with Gasteiger partial charge in [-0.15, -0.1) is 0 Å². The maximum Gasteiger partial charge on any atom is 0.122 e. The van der Waals surface area contributed by atoms with Crippen molar-refractivity contribution in [2.45, 2.75) is 25.9 Å². The largest absolute Gasteiger partial charge is 0.497 e. The molecule has 0 spiro atoms. The van der Waals surface area contributed by atoms with Gasteiger partial charge in [-0.1, -0.05) is 13.3 Å². The Labute approximate surface area is 109 Å². The molecule has 0 aliphatic rings. The van der Waals surface area contributed by atoms with Gasteiger partial charge < -0.3 is 20.3 Å². The number of ether oxygens (including phenoxy) is 2. The van der Waals surface area contributed by atoms with Gasteiger partial charge in [-0.05, 0) is 30.7 Å². The Hall–Kier alpha value is -1.26. The van der Waals surface area contributed by atoms with E-state index >= 15 is 0 Å². The zero-order chi connectivity index (χ0) is 13.5. The number of hydrogen-bond acceptors (Lipinski definition) is 4. The first-order valence-electron chi connectivity index (χ1n) is 6.27. The Bertz CT molecular complexity index is 346. The van der Waals surface area contributed by atoms with E-state index in [2.05, 4.69) is 6.92 Å². The highest BCUT2D eigenvalue weighted by atomic mass is 16.5. The Balaban J connectivity index is 2.98. The quantitative estimate of drug-likeness (QED) is 0.781. The summed E-state index contributed by atoms with van der Waals surface area (Å²) >= 11 is 0. The third-order valence-electron chi connectivity index (χ3n) is 3.12. The number of aliphatic hydroxyl groups excluding tert-OH is 1. The monoisotopic (exact) mass is 253 g/mol. The predicted octanol–water partition coefficient (Wildman–Crippen LogP) is 2.11. The summed E-state index contributed by atoms with van der Waals surface area (Å²) in [5.74, 6) is 1.41. The summed E-state index contributed by atoms with van der Waals surface area (Å²) in [6.07, 6.45) is 1.32. The first-order chi connectivity index (χ1) is 8.65. The van der Waals surface area contributed by atoms with Crippen LogP contribution in [-0.4, -0.2) is 25.9 Å². The third kappa shape index (κ3) is 3.62. The molecule has 1 aromatic carbocycles. The minimum Gasteiger partial charge on any atom is -0.497 e. The maximum absolute atomic E-state index is 10.4. The number of benzene rings is 1. The van der Waals surface area contributed by atoms with E-state index in [1.807, 2.05) is 12.1 Å². The van der Waals surface area contributed by atoms with Crippen molar-refractivity contribution in [1.29, 1.82) is 0 Å². The lowest BCUT2D eigenvalue weighted by Gasteiger charge is -2.22. The van der Waals surface area contributed by atoms with Crippen LogP contribution in [0.3, 0.4) is 0 Å². The molecule has 1 rings (SSSR count). The molecule has 0 amide bonds. The standard InChI is InChI=1S/C14H23NO3/c1-4-5-10(9-15)14(16)11-6-12(17-2)8-13(7-11)18-3/h6-8,10,14,16H,4-5,9,15H2,1-3H3. The average molecular weight is 253 g/mol. The summed E-state index contributed by atoms with van der Waals surface area (Å²) < 4.78 is 10.4. The van der Waals surface area contributed by atoms with Crippen molar-refractivity contribution >= 4 is 0 Å². The van der Waals surface area contributed by atoms with Gasteiger partial charge >= 0.3 is 0 Å². The lowest BCUT2D eigenvalue weighted by Crippen LogP contribution is -2.22. The molecule has 0 fully saturated rings. The highest BCUT2D eigenvalue weighted by Crippen LogP contribution is 2.31. The lowest BCUT2D eigenvalue weighted by atomic mass is 9.92. The Morgan fingerprint density at radius 3 is 2.11 bits per heavy atom. The van der Waals surface area contributed by atoms with Crippen LogP contribution < -0.4 is 15.2 Å². The molecule has 4 heteroatoms. The van der Waals surface area contributed by atoms with Crippen molar-refractivity contribution in [3.05, 3.63) is 23.8 Å². The van der Waals surface area contributed by atoms with Gasteiger partial charge in [0, 0.05) is 12.0 Å². The van der Waals surface area contributed by atoms with E-state index < -0.39 is 6.10 Å². The molecule has 1 aromatic rings. The molecule has 0 aromatic heterocycles. The van der Waals surface area contributed by atoms with Crippen molar-refractivity contribution < 1.29 is 14.6 Å². The molecule has 2 unspecified atom stereocenters. The van der Waals surface area contributed by atoms with Gasteiger partial charge in [-0.25, -0.2) is 0 Å². The Kier molecular flexibility index (Phi) is 5.95. The van der Waals surface area contributed by atoms with Crippen molar-refractivity contribution in [3.8, 4) is 11.5 Å². The molecule has 3 N–H and O–H groups in total. The summed E-state index contributed by atoms with van der Waals surface area (Å²) in [7, 11) is 3.19. The van der Waals surface area contributed by atoms with Crippen molar-refractivity contribution in [3.63, 3.8) is 0 Å². The lowest BCUT2D eigenvalue weighted by molar-refractivity contribution is 0.106. The Morgan fingerprint density at radius 1 is 1.17 bits per heavy atom. The van der Waals surface area contributed by atoms with Crippen LogP contribution in [0.1, 0.15) is 31.4 Å². The van der Waals surface area contributed by atoms with Gasteiger partial charge in [-0.3, -0.25) is 0 Å². The van der Waals surface area contributed by atoms with Gasteiger partial charge in [0.15, 0.2) is 0 Å². The van der Waals surface area contributed by atoms with Gasteiger partial charge in [-0.2, -0.15) is 0 Å². The molecule has 0 aliphatic carbocycles. The van der Waals surface area contributed by atoms with Gasteiger partial charge in [0.05, 0.1) is 20.3 Å². The smallest absolute Gasteiger partial charge is 0.122 e. The summed E-state index contributed by atoms with van der Waals surface area (Å²) in [6, 6.07) is 5.44. The molecule has 102 valence electrons. The minimum atomic E-state index is -0.584. The van der Waals surface area contributed by atoms with Gasteiger partial charge in [0.25, 0.3) is 0 Å². The second kappa shape index (κ2) is 7.24. The SMILES string of the molecule is CCCC(CN)C(O)c1cc(OC)cc(OC)c1. The average Bonchev–Trinajstić information content (AvgIpc) is 2.43. The van der Waals surface area contributed by atoms with Crippen LogP contribution in [0.4, 0.5) is 0 Å². The Morgan fingerprint density at radius 2 is 1.72 bits per heavy atom. The second-order valence-corrected chi connectivity index (χ2v) is 4.38. The van der Waals surface area contributed by atoms with E-state index in [1.54, 1.807) is 20.3 Å². The van der Waals surface area contributed by atoms with Crippen LogP contribution in [0.25, 0.3) is 0 Å². The van der Waals surface area contributed by atoms with Crippen LogP contribution >= 0.6 is 0 Å². The molecular formula is C14H23NO3. The topological polar surface area (TPSA) is 64.7 Å². The maximum atomic E-state index is 10.4. The highest BCUT2D eigenvalue weighted by Gasteiger charge is 2.20. The van der Waals surface area contributed by atoms with Crippen molar-refractivity contribution in [2.75, 3.05) is 20.8 Å². The first kappa shape index (κ1) is 14.8. The number of nitrogens with two attached hydrogens (primary N) is 1.